The van der Waals surface area contributed by atoms with Gasteiger partial charge in [-0.3, -0.25) is 0 Å². The lowest BCUT2D eigenvalue weighted by molar-refractivity contribution is -0.0139. The van der Waals surface area contributed by atoms with Crippen molar-refractivity contribution in [3.8, 4) is 0 Å². The highest BCUT2D eigenvalue weighted by Gasteiger charge is 2.36. The molecule has 0 aromatic heterocycles. The SMILES string of the molecule is CC1CCC(CO)(CN2CCC(O)C(C)C2)CC1. The third kappa shape index (κ3) is 3.25. The summed E-state index contributed by atoms with van der Waals surface area (Å²) in [5.74, 6) is 1.20. The molecule has 106 valence electrons. The Morgan fingerprint density at radius 2 is 1.83 bits per heavy atom. The van der Waals surface area contributed by atoms with Crippen molar-refractivity contribution < 1.29 is 10.2 Å². The fraction of sp³-hybridized carbons (Fsp3) is 1.00. The van der Waals surface area contributed by atoms with Crippen LogP contribution in [0.15, 0.2) is 0 Å². The number of piperidine rings is 1. The average Bonchev–Trinajstić information content (AvgIpc) is 2.37. The van der Waals surface area contributed by atoms with E-state index >= 15 is 0 Å². The third-order valence-electron chi connectivity index (χ3n) is 5.17. The van der Waals surface area contributed by atoms with E-state index in [-0.39, 0.29) is 11.5 Å². The van der Waals surface area contributed by atoms with Gasteiger partial charge in [0.05, 0.1) is 6.10 Å². The maximum atomic E-state index is 9.80. The zero-order chi connectivity index (χ0) is 13.2. The second-order valence-corrected chi connectivity index (χ2v) is 6.91. The first kappa shape index (κ1) is 14.3. The lowest BCUT2D eigenvalue weighted by atomic mass is 9.70. The number of rotatable bonds is 3. The molecule has 1 aliphatic carbocycles. The van der Waals surface area contributed by atoms with E-state index in [4.69, 9.17) is 0 Å². The van der Waals surface area contributed by atoms with Crippen LogP contribution in [0.1, 0.15) is 46.0 Å². The maximum absolute atomic E-state index is 9.80. The molecule has 0 aromatic rings. The van der Waals surface area contributed by atoms with Crippen LogP contribution in [0, 0.1) is 17.3 Å². The summed E-state index contributed by atoms with van der Waals surface area (Å²) in [7, 11) is 0. The molecule has 0 amide bonds. The van der Waals surface area contributed by atoms with E-state index in [2.05, 4.69) is 18.7 Å². The van der Waals surface area contributed by atoms with Crippen molar-refractivity contribution in [1.29, 1.82) is 0 Å². The number of aliphatic hydroxyl groups excluding tert-OH is 2. The molecule has 3 heteroatoms. The summed E-state index contributed by atoms with van der Waals surface area (Å²) < 4.78 is 0. The molecule has 1 aliphatic heterocycles. The fourth-order valence-electron chi connectivity index (χ4n) is 3.58. The largest absolute Gasteiger partial charge is 0.396 e. The summed E-state index contributed by atoms with van der Waals surface area (Å²) in [4.78, 5) is 2.46. The van der Waals surface area contributed by atoms with Gasteiger partial charge < -0.3 is 15.1 Å². The molecule has 18 heavy (non-hydrogen) atoms. The Balaban J connectivity index is 1.90. The summed E-state index contributed by atoms with van der Waals surface area (Å²) in [5, 5.41) is 19.6. The molecule has 0 radical (unpaired) electrons. The van der Waals surface area contributed by atoms with Crippen LogP contribution in [-0.2, 0) is 0 Å². The zero-order valence-electron chi connectivity index (χ0n) is 11.9. The predicted molar refractivity (Wildman–Crippen MR) is 73.4 cm³/mol. The van der Waals surface area contributed by atoms with E-state index in [0.717, 1.165) is 44.8 Å². The van der Waals surface area contributed by atoms with E-state index in [1.54, 1.807) is 0 Å². The van der Waals surface area contributed by atoms with E-state index in [0.29, 0.717) is 12.5 Å². The molecule has 2 rings (SSSR count). The Labute approximate surface area is 111 Å². The Kier molecular flexibility index (Phi) is 4.68. The van der Waals surface area contributed by atoms with Crippen molar-refractivity contribution in [3.63, 3.8) is 0 Å². The first-order valence-electron chi connectivity index (χ1n) is 7.56. The first-order valence-corrected chi connectivity index (χ1v) is 7.56. The quantitative estimate of drug-likeness (QED) is 0.809. The smallest absolute Gasteiger partial charge is 0.0590 e. The monoisotopic (exact) mass is 255 g/mol. The molecule has 1 heterocycles. The molecule has 2 atom stereocenters. The summed E-state index contributed by atoms with van der Waals surface area (Å²) >= 11 is 0. The van der Waals surface area contributed by atoms with Gasteiger partial charge in [0.25, 0.3) is 0 Å². The third-order valence-corrected chi connectivity index (χ3v) is 5.17. The number of nitrogens with zero attached hydrogens (tertiary/aromatic N) is 1. The van der Waals surface area contributed by atoms with E-state index < -0.39 is 0 Å². The van der Waals surface area contributed by atoms with Gasteiger partial charge >= 0.3 is 0 Å². The molecule has 0 aromatic carbocycles. The lowest BCUT2D eigenvalue weighted by Gasteiger charge is -2.44. The Morgan fingerprint density at radius 1 is 1.17 bits per heavy atom. The average molecular weight is 255 g/mol. The minimum Gasteiger partial charge on any atom is -0.396 e. The maximum Gasteiger partial charge on any atom is 0.0590 e. The van der Waals surface area contributed by atoms with Gasteiger partial charge in [-0.05, 0) is 31.1 Å². The summed E-state index contributed by atoms with van der Waals surface area (Å²) in [6, 6.07) is 0. The van der Waals surface area contributed by atoms with Gasteiger partial charge in [-0.1, -0.05) is 26.7 Å². The van der Waals surface area contributed by atoms with Crippen LogP contribution in [0.3, 0.4) is 0 Å². The highest BCUT2D eigenvalue weighted by Crippen LogP contribution is 2.39. The van der Waals surface area contributed by atoms with Crippen molar-refractivity contribution in [3.05, 3.63) is 0 Å². The summed E-state index contributed by atoms with van der Waals surface area (Å²) in [6.45, 7) is 7.77. The van der Waals surface area contributed by atoms with Gasteiger partial charge in [0.2, 0.25) is 0 Å². The van der Waals surface area contributed by atoms with Gasteiger partial charge in [-0.15, -0.1) is 0 Å². The predicted octanol–water partition coefficient (Wildman–Crippen LogP) is 1.88. The topological polar surface area (TPSA) is 43.7 Å². The summed E-state index contributed by atoms with van der Waals surface area (Å²) in [5.41, 5.74) is 0.133. The Bertz CT molecular complexity index is 261. The number of aliphatic hydroxyl groups is 2. The first-order chi connectivity index (χ1) is 8.54. The molecule has 1 saturated carbocycles. The Hall–Kier alpha value is -0.120. The molecular weight excluding hydrogens is 226 g/mol. The van der Waals surface area contributed by atoms with Crippen LogP contribution in [0.25, 0.3) is 0 Å². The van der Waals surface area contributed by atoms with Gasteiger partial charge in [0.15, 0.2) is 0 Å². The van der Waals surface area contributed by atoms with Crippen molar-refractivity contribution >= 4 is 0 Å². The van der Waals surface area contributed by atoms with Gasteiger partial charge in [-0.2, -0.15) is 0 Å². The molecule has 3 nitrogen and oxygen atoms in total. The standard InChI is InChI=1S/C15H29NO2/c1-12-3-6-15(11-17,7-4-12)10-16-8-5-14(18)13(2)9-16/h12-14,17-18H,3-11H2,1-2H3. The fourth-order valence-corrected chi connectivity index (χ4v) is 3.58. The van der Waals surface area contributed by atoms with Crippen molar-refractivity contribution in [2.75, 3.05) is 26.2 Å². The lowest BCUT2D eigenvalue weighted by Crippen LogP contribution is -2.48. The normalized spacial score (nSPS) is 43.0. The number of likely N-dealkylation sites (tertiary alicyclic amines) is 1. The highest BCUT2D eigenvalue weighted by molar-refractivity contribution is 4.89. The minimum atomic E-state index is -0.127. The van der Waals surface area contributed by atoms with Crippen molar-refractivity contribution in [1.82, 2.24) is 4.90 Å². The minimum absolute atomic E-state index is 0.127. The zero-order valence-corrected chi connectivity index (χ0v) is 11.9. The van der Waals surface area contributed by atoms with E-state index in [1.807, 2.05) is 0 Å². The van der Waals surface area contributed by atoms with Gasteiger partial charge in [0, 0.05) is 31.7 Å². The molecular formula is C15H29NO2. The molecule has 2 unspecified atom stereocenters. The van der Waals surface area contributed by atoms with Crippen molar-refractivity contribution in [2.24, 2.45) is 17.3 Å². The number of hydrogen-bond acceptors (Lipinski definition) is 3. The van der Waals surface area contributed by atoms with Crippen LogP contribution in [-0.4, -0.2) is 47.5 Å². The highest BCUT2D eigenvalue weighted by atomic mass is 16.3. The molecule has 2 aliphatic rings. The second-order valence-electron chi connectivity index (χ2n) is 6.91. The van der Waals surface area contributed by atoms with Gasteiger partial charge in [-0.25, -0.2) is 0 Å². The van der Waals surface area contributed by atoms with Crippen LogP contribution < -0.4 is 0 Å². The van der Waals surface area contributed by atoms with Crippen LogP contribution >= 0.6 is 0 Å². The molecule has 1 saturated heterocycles. The molecule has 2 fully saturated rings. The molecule has 0 bridgehead atoms. The van der Waals surface area contributed by atoms with Crippen LogP contribution in [0.5, 0.6) is 0 Å². The number of hydrogen-bond donors (Lipinski definition) is 2. The molecule has 0 spiro atoms. The second kappa shape index (κ2) is 5.89. The summed E-state index contributed by atoms with van der Waals surface area (Å²) in [6.07, 6.45) is 5.60. The van der Waals surface area contributed by atoms with Crippen LogP contribution in [0.2, 0.25) is 0 Å². The van der Waals surface area contributed by atoms with E-state index in [9.17, 15) is 10.2 Å². The van der Waals surface area contributed by atoms with Crippen LogP contribution in [0.4, 0.5) is 0 Å². The van der Waals surface area contributed by atoms with Crippen molar-refractivity contribution in [2.45, 2.75) is 52.1 Å². The Morgan fingerprint density at radius 3 is 2.39 bits per heavy atom. The van der Waals surface area contributed by atoms with E-state index in [1.165, 1.54) is 12.8 Å². The molecule has 2 N–H and O–H groups in total. The van der Waals surface area contributed by atoms with Gasteiger partial charge in [0.1, 0.15) is 0 Å².